The highest BCUT2D eigenvalue weighted by molar-refractivity contribution is 5.98. The van der Waals surface area contributed by atoms with Crippen LogP contribution in [0.2, 0.25) is 0 Å². The summed E-state index contributed by atoms with van der Waals surface area (Å²) in [5.74, 6) is -1.23. The van der Waals surface area contributed by atoms with Gasteiger partial charge in [0.25, 0.3) is 0 Å². The smallest absolute Gasteiger partial charge is 0.319 e. The van der Waals surface area contributed by atoms with E-state index in [9.17, 15) is 9.59 Å². The lowest BCUT2D eigenvalue weighted by atomic mass is 9.62. The summed E-state index contributed by atoms with van der Waals surface area (Å²) >= 11 is 0. The van der Waals surface area contributed by atoms with Gasteiger partial charge in [-0.05, 0) is 26.0 Å². The Bertz CT molecular complexity index is 666. The van der Waals surface area contributed by atoms with Crippen molar-refractivity contribution in [1.29, 1.82) is 0 Å². The van der Waals surface area contributed by atoms with Crippen LogP contribution in [0.5, 0.6) is 0 Å². The monoisotopic (exact) mass is 297 g/mol. The lowest BCUT2D eigenvalue weighted by Gasteiger charge is -2.52. The highest BCUT2D eigenvalue weighted by atomic mass is 16.6. The fourth-order valence-electron chi connectivity index (χ4n) is 4.53. The van der Waals surface area contributed by atoms with Crippen LogP contribution in [0.3, 0.4) is 0 Å². The number of hydrogen-bond acceptors (Lipinski definition) is 4. The van der Waals surface area contributed by atoms with Crippen molar-refractivity contribution in [2.45, 2.75) is 25.4 Å². The predicted molar refractivity (Wildman–Crippen MR) is 80.8 cm³/mol. The molecule has 2 fully saturated rings. The molecule has 3 aliphatic heterocycles. The SMILES string of the molecule is CC1=C[C@H]2[C@@H]3C(=O)OC(=O)[C@@H]3[C@@H]1[C@H](Cc1ccccc1)N2C. The summed E-state index contributed by atoms with van der Waals surface area (Å²) in [5.41, 5.74) is 2.48. The number of nitrogens with zero attached hydrogens (tertiary/aromatic N) is 1. The van der Waals surface area contributed by atoms with Crippen molar-refractivity contribution in [2.24, 2.45) is 17.8 Å². The highest BCUT2D eigenvalue weighted by Gasteiger charge is 2.61. The zero-order valence-corrected chi connectivity index (χ0v) is 12.7. The summed E-state index contributed by atoms with van der Waals surface area (Å²) in [6.45, 7) is 2.08. The Kier molecular flexibility index (Phi) is 2.98. The van der Waals surface area contributed by atoms with Crippen LogP contribution in [0, 0.1) is 17.8 Å². The molecular formula is C18H19NO3. The second-order valence-corrected chi connectivity index (χ2v) is 6.64. The first-order valence-corrected chi connectivity index (χ1v) is 7.77. The molecule has 2 bridgehead atoms. The van der Waals surface area contributed by atoms with Gasteiger partial charge in [0, 0.05) is 18.0 Å². The van der Waals surface area contributed by atoms with Crippen molar-refractivity contribution in [1.82, 2.24) is 4.90 Å². The van der Waals surface area contributed by atoms with E-state index in [2.05, 4.69) is 37.1 Å². The van der Waals surface area contributed by atoms with Crippen LogP contribution in [0.15, 0.2) is 42.0 Å². The van der Waals surface area contributed by atoms with Gasteiger partial charge in [-0.25, -0.2) is 0 Å². The number of likely N-dealkylation sites (N-methyl/N-ethyl adjacent to an activating group) is 1. The van der Waals surface area contributed by atoms with Crippen molar-refractivity contribution in [3.63, 3.8) is 0 Å². The van der Waals surface area contributed by atoms with Gasteiger partial charge in [-0.1, -0.05) is 42.0 Å². The molecule has 0 radical (unpaired) electrons. The molecule has 1 aromatic rings. The molecule has 114 valence electrons. The van der Waals surface area contributed by atoms with Gasteiger partial charge in [0.15, 0.2) is 0 Å². The fraction of sp³-hybridized carbons (Fsp3) is 0.444. The van der Waals surface area contributed by atoms with Gasteiger partial charge in [0.05, 0.1) is 11.8 Å². The number of rotatable bonds is 2. The van der Waals surface area contributed by atoms with E-state index in [1.807, 2.05) is 18.2 Å². The third kappa shape index (κ3) is 1.80. The Morgan fingerprint density at radius 1 is 1.05 bits per heavy atom. The van der Waals surface area contributed by atoms with Crippen LogP contribution in [-0.4, -0.2) is 36.0 Å². The number of piperidine rings is 1. The van der Waals surface area contributed by atoms with E-state index in [-0.39, 0.29) is 41.8 Å². The number of ether oxygens (including phenoxy) is 1. The maximum atomic E-state index is 12.2. The minimum absolute atomic E-state index is 0.0253. The van der Waals surface area contributed by atoms with Crippen molar-refractivity contribution in [3.8, 4) is 0 Å². The van der Waals surface area contributed by atoms with Gasteiger partial charge in [-0.3, -0.25) is 14.5 Å². The van der Waals surface area contributed by atoms with Crippen molar-refractivity contribution in [3.05, 3.63) is 47.5 Å². The zero-order chi connectivity index (χ0) is 15.4. The van der Waals surface area contributed by atoms with E-state index in [0.717, 1.165) is 6.42 Å². The molecule has 0 amide bonds. The van der Waals surface area contributed by atoms with Crippen molar-refractivity contribution < 1.29 is 14.3 Å². The number of esters is 2. The van der Waals surface area contributed by atoms with E-state index in [0.29, 0.717) is 0 Å². The largest absolute Gasteiger partial charge is 0.393 e. The predicted octanol–water partition coefficient (Wildman–Crippen LogP) is 1.80. The van der Waals surface area contributed by atoms with Gasteiger partial charge in [-0.2, -0.15) is 0 Å². The summed E-state index contributed by atoms with van der Waals surface area (Å²) in [7, 11) is 2.06. The molecule has 1 aromatic carbocycles. The molecule has 4 heteroatoms. The summed E-state index contributed by atoms with van der Waals surface area (Å²) in [6, 6.07) is 10.5. The standard InChI is InChI=1S/C18H19NO3/c1-10-8-12-15-16(18(21)22-17(15)20)14(10)13(19(12)2)9-11-6-4-3-5-7-11/h3-8,12-16H,9H2,1-2H3/t12-,13-,14-,15-,16+/m0/s1. The summed E-state index contributed by atoms with van der Waals surface area (Å²) in [6.07, 6.45) is 3.03. The molecule has 0 N–H and O–H groups in total. The highest BCUT2D eigenvalue weighted by Crippen LogP contribution is 2.50. The Labute approximate surface area is 129 Å². The van der Waals surface area contributed by atoms with Crippen molar-refractivity contribution >= 4 is 11.9 Å². The first kappa shape index (κ1) is 13.7. The molecule has 0 saturated carbocycles. The van der Waals surface area contributed by atoms with Gasteiger partial charge in [0.1, 0.15) is 0 Å². The van der Waals surface area contributed by atoms with Crippen LogP contribution in [0.25, 0.3) is 0 Å². The average Bonchev–Trinajstić information content (AvgIpc) is 2.80. The lowest BCUT2D eigenvalue weighted by molar-refractivity contribution is -0.153. The van der Waals surface area contributed by atoms with Crippen LogP contribution in [0.1, 0.15) is 12.5 Å². The van der Waals surface area contributed by atoms with Crippen LogP contribution in [-0.2, 0) is 20.7 Å². The fourth-order valence-corrected chi connectivity index (χ4v) is 4.53. The second kappa shape index (κ2) is 4.78. The van der Waals surface area contributed by atoms with Gasteiger partial charge in [0.2, 0.25) is 0 Å². The Hall–Kier alpha value is -1.94. The summed E-state index contributed by atoms with van der Waals surface area (Å²) < 4.78 is 4.95. The normalized spacial score (nSPS) is 37.0. The van der Waals surface area contributed by atoms with E-state index in [4.69, 9.17) is 4.74 Å². The van der Waals surface area contributed by atoms with Crippen LogP contribution < -0.4 is 0 Å². The Balaban J connectivity index is 1.72. The topological polar surface area (TPSA) is 46.6 Å². The second-order valence-electron chi connectivity index (χ2n) is 6.64. The molecule has 2 saturated heterocycles. The summed E-state index contributed by atoms with van der Waals surface area (Å²) in [4.78, 5) is 26.5. The van der Waals surface area contributed by atoms with Gasteiger partial charge >= 0.3 is 11.9 Å². The average molecular weight is 297 g/mol. The molecule has 4 aliphatic rings. The van der Waals surface area contributed by atoms with Crippen molar-refractivity contribution in [2.75, 3.05) is 7.05 Å². The third-order valence-corrected chi connectivity index (χ3v) is 5.54. The maximum Gasteiger partial charge on any atom is 0.319 e. The Morgan fingerprint density at radius 2 is 1.73 bits per heavy atom. The van der Waals surface area contributed by atoms with Gasteiger partial charge < -0.3 is 4.74 Å². The number of cyclic esters (lactones) is 2. The molecule has 5 atom stereocenters. The third-order valence-electron chi connectivity index (χ3n) is 5.54. The first-order chi connectivity index (χ1) is 10.6. The lowest BCUT2D eigenvalue weighted by Crippen LogP contribution is -2.61. The first-order valence-electron chi connectivity index (χ1n) is 7.77. The molecule has 1 aliphatic carbocycles. The number of hydrogen-bond donors (Lipinski definition) is 0. The maximum absolute atomic E-state index is 12.2. The minimum atomic E-state index is -0.348. The molecule has 0 aromatic heterocycles. The molecule has 0 spiro atoms. The molecule has 22 heavy (non-hydrogen) atoms. The number of fused-ring (bicyclic) bond motifs is 1. The minimum Gasteiger partial charge on any atom is -0.393 e. The molecular weight excluding hydrogens is 278 g/mol. The molecule has 0 unspecified atom stereocenters. The number of carbonyl (C=O) groups is 2. The number of benzene rings is 1. The van der Waals surface area contributed by atoms with E-state index < -0.39 is 0 Å². The van der Waals surface area contributed by atoms with E-state index in [1.165, 1.54) is 11.1 Å². The quantitative estimate of drug-likeness (QED) is 0.474. The van der Waals surface area contributed by atoms with Crippen LogP contribution in [0.4, 0.5) is 0 Å². The molecule has 3 heterocycles. The molecule has 5 rings (SSSR count). The van der Waals surface area contributed by atoms with E-state index >= 15 is 0 Å². The number of carbonyl (C=O) groups excluding carboxylic acids is 2. The Morgan fingerprint density at radius 3 is 2.45 bits per heavy atom. The van der Waals surface area contributed by atoms with Gasteiger partial charge in [-0.15, -0.1) is 0 Å². The van der Waals surface area contributed by atoms with E-state index in [1.54, 1.807) is 0 Å². The zero-order valence-electron chi connectivity index (χ0n) is 12.7. The molecule has 4 nitrogen and oxygen atoms in total. The summed E-state index contributed by atoms with van der Waals surface area (Å²) in [5, 5.41) is 0. The van der Waals surface area contributed by atoms with Crippen LogP contribution >= 0.6 is 0 Å².